The zero-order valence-electron chi connectivity index (χ0n) is 13.8. The van der Waals surface area contributed by atoms with Crippen molar-refractivity contribution in [1.29, 1.82) is 0 Å². The average molecular weight is 323 g/mol. The van der Waals surface area contributed by atoms with E-state index in [-0.39, 0.29) is 24.3 Å². The van der Waals surface area contributed by atoms with Gasteiger partial charge in [0.2, 0.25) is 5.91 Å². The molecule has 0 unspecified atom stereocenters. The van der Waals surface area contributed by atoms with Gasteiger partial charge in [0.05, 0.1) is 13.0 Å². The number of nitrogens with zero attached hydrogens (tertiary/aromatic N) is 1. The number of aromatic nitrogens is 2. The van der Waals surface area contributed by atoms with E-state index in [9.17, 15) is 19.5 Å². The van der Waals surface area contributed by atoms with Gasteiger partial charge >= 0.3 is 5.69 Å². The summed E-state index contributed by atoms with van der Waals surface area (Å²) in [6.45, 7) is 4.93. The van der Waals surface area contributed by atoms with Crippen LogP contribution in [0.3, 0.4) is 0 Å². The average Bonchev–Trinajstić information content (AvgIpc) is 2.51. The number of nitrogens with one attached hydrogen (secondary N) is 2. The first-order valence-electron chi connectivity index (χ1n) is 8.11. The third-order valence-corrected chi connectivity index (χ3v) is 4.71. The van der Waals surface area contributed by atoms with E-state index in [0.717, 1.165) is 25.7 Å². The number of H-pyrrole nitrogens is 2. The van der Waals surface area contributed by atoms with Gasteiger partial charge in [0.25, 0.3) is 5.56 Å². The highest BCUT2D eigenvalue weighted by Gasteiger charge is 2.36. The summed E-state index contributed by atoms with van der Waals surface area (Å²) < 4.78 is 0. The van der Waals surface area contributed by atoms with E-state index >= 15 is 0 Å². The molecule has 3 N–H and O–H groups in total. The summed E-state index contributed by atoms with van der Waals surface area (Å²) >= 11 is 0. The van der Waals surface area contributed by atoms with Gasteiger partial charge in [-0.05, 0) is 26.2 Å². The standard InChI is InChI=1S/C16H25N3O4/c1-3-5-16(10-20)6-4-7-19(9-16)13(21)8-12-11(2)17-15(23)18-14(12)22/h20H,3-10H2,1-2H3,(H2,17,18,22,23)/t16-/m0/s1. The van der Waals surface area contributed by atoms with Gasteiger partial charge in [-0.2, -0.15) is 0 Å². The Morgan fingerprint density at radius 2 is 2.09 bits per heavy atom. The van der Waals surface area contributed by atoms with Crippen molar-refractivity contribution in [2.45, 2.75) is 46.0 Å². The number of aliphatic hydroxyl groups is 1. The van der Waals surface area contributed by atoms with Gasteiger partial charge in [0, 0.05) is 29.8 Å². The van der Waals surface area contributed by atoms with Crippen molar-refractivity contribution in [3.63, 3.8) is 0 Å². The van der Waals surface area contributed by atoms with Crippen molar-refractivity contribution in [3.05, 3.63) is 32.1 Å². The summed E-state index contributed by atoms with van der Waals surface area (Å²) in [5.74, 6) is -0.140. The summed E-state index contributed by atoms with van der Waals surface area (Å²) in [5, 5.41) is 9.75. The number of rotatable bonds is 5. The van der Waals surface area contributed by atoms with Gasteiger partial charge in [-0.1, -0.05) is 13.3 Å². The van der Waals surface area contributed by atoms with Crippen LogP contribution in [-0.4, -0.2) is 45.6 Å². The molecule has 0 saturated carbocycles. The molecule has 1 saturated heterocycles. The third kappa shape index (κ3) is 3.90. The second kappa shape index (κ2) is 7.12. The fourth-order valence-corrected chi connectivity index (χ4v) is 3.47. The van der Waals surface area contributed by atoms with E-state index in [4.69, 9.17) is 0 Å². The molecule has 1 aliphatic rings. The minimum atomic E-state index is -0.566. The maximum absolute atomic E-state index is 12.6. The Morgan fingerprint density at radius 1 is 1.35 bits per heavy atom. The second-order valence-corrected chi connectivity index (χ2v) is 6.52. The van der Waals surface area contributed by atoms with Crippen molar-refractivity contribution >= 4 is 5.91 Å². The first-order valence-corrected chi connectivity index (χ1v) is 8.11. The molecule has 1 aliphatic heterocycles. The molecule has 1 fully saturated rings. The zero-order valence-corrected chi connectivity index (χ0v) is 13.8. The van der Waals surface area contributed by atoms with E-state index in [0.29, 0.717) is 24.3 Å². The highest BCUT2D eigenvalue weighted by molar-refractivity contribution is 5.79. The Hall–Kier alpha value is -1.89. The molecule has 7 heteroatoms. The summed E-state index contributed by atoms with van der Waals surface area (Å²) in [7, 11) is 0. The summed E-state index contributed by atoms with van der Waals surface area (Å²) in [6.07, 6.45) is 3.57. The van der Waals surface area contributed by atoms with Gasteiger partial charge in [0.15, 0.2) is 0 Å². The van der Waals surface area contributed by atoms with E-state index < -0.39 is 11.2 Å². The molecule has 1 atom stereocenters. The van der Waals surface area contributed by atoms with Crippen LogP contribution in [0, 0.1) is 12.3 Å². The highest BCUT2D eigenvalue weighted by Crippen LogP contribution is 2.34. The maximum Gasteiger partial charge on any atom is 0.325 e. The van der Waals surface area contributed by atoms with Crippen LogP contribution < -0.4 is 11.2 Å². The molecule has 0 aliphatic carbocycles. The molecule has 128 valence electrons. The van der Waals surface area contributed by atoms with Gasteiger partial charge in [-0.25, -0.2) is 4.79 Å². The van der Waals surface area contributed by atoms with Crippen LogP contribution in [0.1, 0.15) is 43.9 Å². The third-order valence-electron chi connectivity index (χ3n) is 4.71. The first kappa shape index (κ1) is 17.5. The number of aryl methyl sites for hydroxylation is 1. The molecule has 1 aromatic heterocycles. The van der Waals surface area contributed by atoms with E-state index in [1.54, 1.807) is 11.8 Å². The molecule has 7 nitrogen and oxygen atoms in total. The van der Waals surface area contributed by atoms with Crippen molar-refractivity contribution in [1.82, 2.24) is 14.9 Å². The lowest BCUT2D eigenvalue weighted by Gasteiger charge is -2.42. The molecule has 2 rings (SSSR count). The van der Waals surface area contributed by atoms with Crippen molar-refractivity contribution in [2.24, 2.45) is 5.41 Å². The Bertz CT molecular complexity index is 675. The predicted octanol–water partition coefficient (Wildman–Crippen LogP) is 0.315. The normalized spacial score (nSPS) is 21.4. The van der Waals surface area contributed by atoms with Gasteiger partial charge in [-0.3, -0.25) is 14.6 Å². The number of hydrogen-bond acceptors (Lipinski definition) is 4. The topological polar surface area (TPSA) is 106 Å². The minimum absolute atomic E-state index is 0.0361. The van der Waals surface area contributed by atoms with Crippen LogP contribution in [0.2, 0.25) is 0 Å². The second-order valence-electron chi connectivity index (χ2n) is 6.52. The number of aliphatic hydroxyl groups excluding tert-OH is 1. The van der Waals surface area contributed by atoms with Gasteiger partial charge in [-0.15, -0.1) is 0 Å². The number of amides is 1. The van der Waals surface area contributed by atoms with Crippen molar-refractivity contribution < 1.29 is 9.90 Å². The fraction of sp³-hybridized carbons (Fsp3) is 0.688. The number of carbonyl (C=O) groups is 1. The maximum atomic E-state index is 12.6. The van der Waals surface area contributed by atoms with Gasteiger partial charge in [0.1, 0.15) is 0 Å². The molecular weight excluding hydrogens is 298 g/mol. The smallest absolute Gasteiger partial charge is 0.325 e. The molecule has 1 aromatic rings. The monoisotopic (exact) mass is 323 g/mol. The SMILES string of the molecule is CCC[C@]1(CO)CCCN(C(=O)Cc2c(C)[nH]c(=O)[nH]c2=O)C1. The Kier molecular flexibility index (Phi) is 5.41. The van der Waals surface area contributed by atoms with Crippen LogP contribution in [0.15, 0.2) is 9.59 Å². The zero-order chi connectivity index (χ0) is 17.0. The van der Waals surface area contributed by atoms with Crippen LogP contribution >= 0.6 is 0 Å². The molecule has 0 spiro atoms. The van der Waals surface area contributed by atoms with E-state index in [1.807, 2.05) is 0 Å². The van der Waals surface area contributed by atoms with Crippen molar-refractivity contribution in [2.75, 3.05) is 19.7 Å². The number of hydrogen-bond donors (Lipinski definition) is 3. The van der Waals surface area contributed by atoms with Gasteiger partial charge < -0.3 is 15.0 Å². The molecule has 0 radical (unpaired) electrons. The number of likely N-dealkylation sites (tertiary alicyclic amines) is 1. The van der Waals surface area contributed by atoms with Crippen molar-refractivity contribution in [3.8, 4) is 0 Å². The molecule has 1 amide bonds. The summed E-state index contributed by atoms with van der Waals surface area (Å²) in [6, 6.07) is 0. The van der Waals surface area contributed by atoms with Crippen LogP contribution in [0.25, 0.3) is 0 Å². The predicted molar refractivity (Wildman–Crippen MR) is 86.4 cm³/mol. The number of aromatic amines is 2. The Morgan fingerprint density at radius 3 is 2.70 bits per heavy atom. The lowest BCUT2D eigenvalue weighted by molar-refractivity contribution is -0.135. The van der Waals surface area contributed by atoms with Crippen LogP contribution in [0.4, 0.5) is 0 Å². The molecular formula is C16H25N3O4. The minimum Gasteiger partial charge on any atom is -0.396 e. The summed E-state index contributed by atoms with van der Waals surface area (Å²) in [5.41, 5.74) is -0.589. The number of piperidine rings is 1. The quantitative estimate of drug-likeness (QED) is 0.725. The first-order chi connectivity index (χ1) is 10.9. The molecule has 0 bridgehead atoms. The van der Waals surface area contributed by atoms with E-state index in [1.165, 1.54) is 0 Å². The Labute approximate surface area is 134 Å². The highest BCUT2D eigenvalue weighted by atomic mass is 16.3. The lowest BCUT2D eigenvalue weighted by atomic mass is 9.77. The molecule has 0 aromatic carbocycles. The largest absolute Gasteiger partial charge is 0.396 e. The molecule has 23 heavy (non-hydrogen) atoms. The number of carbonyl (C=O) groups excluding carboxylic acids is 1. The van der Waals surface area contributed by atoms with E-state index in [2.05, 4.69) is 16.9 Å². The Balaban J connectivity index is 2.15. The van der Waals surface area contributed by atoms with Crippen LogP contribution in [0.5, 0.6) is 0 Å². The van der Waals surface area contributed by atoms with Crippen LogP contribution in [-0.2, 0) is 11.2 Å². The lowest BCUT2D eigenvalue weighted by Crippen LogP contribution is -2.48. The molecule has 2 heterocycles. The summed E-state index contributed by atoms with van der Waals surface area (Å²) in [4.78, 5) is 42.1. The fourth-order valence-electron chi connectivity index (χ4n) is 3.47.